The standard InChI is InChI=1S/C16H16BrClN2OS/c1-21-13-5-2-11(3-6-13)8-9-19-16(22)20-15-7-4-12(17)10-14(15)18/h2-7,10H,8-9H2,1H3,(H2,19,20,22). The van der Waals surface area contributed by atoms with E-state index in [1.807, 2.05) is 42.5 Å². The van der Waals surface area contributed by atoms with Crippen molar-refractivity contribution in [1.29, 1.82) is 0 Å². The van der Waals surface area contributed by atoms with Crippen molar-refractivity contribution in [3.8, 4) is 5.75 Å². The smallest absolute Gasteiger partial charge is 0.170 e. The van der Waals surface area contributed by atoms with E-state index in [9.17, 15) is 0 Å². The molecule has 0 aliphatic rings. The van der Waals surface area contributed by atoms with E-state index in [1.54, 1.807) is 7.11 Å². The Balaban J connectivity index is 1.79. The number of nitrogens with one attached hydrogen (secondary N) is 2. The van der Waals surface area contributed by atoms with Crippen molar-refractivity contribution in [2.45, 2.75) is 6.42 Å². The molecule has 2 aromatic carbocycles. The molecule has 0 spiro atoms. The van der Waals surface area contributed by atoms with Crippen LogP contribution < -0.4 is 15.4 Å². The lowest BCUT2D eigenvalue weighted by Crippen LogP contribution is -2.30. The summed E-state index contributed by atoms with van der Waals surface area (Å²) in [6, 6.07) is 13.6. The third kappa shape index (κ3) is 5.16. The normalized spacial score (nSPS) is 10.1. The zero-order valence-electron chi connectivity index (χ0n) is 12.0. The molecule has 0 saturated carbocycles. The highest BCUT2D eigenvalue weighted by molar-refractivity contribution is 9.10. The molecule has 6 heteroatoms. The summed E-state index contributed by atoms with van der Waals surface area (Å²) in [5.74, 6) is 0.860. The van der Waals surface area contributed by atoms with Gasteiger partial charge in [-0.2, -0.15) is 0 Å². The van der Waals surface area contributed by atoms with E-state index >= 15 is 0 Å². The minimum Gasteiger partial charge on any atom is -0.497 e. The number of thiocarbonyl (C=S) groups is 1. The SMILES string of the molecule is COc1ccc(CCNC(=S)Nc2ccc(Br)cc2Cl)cc1. The van der Waals surface area contributed by atoms with Crippen LogP contribution >= 0.6 is 39.7 Å². The summed E-state index contributed by atoms with van der Waals surface area (Å²) in [5.41, 5.74) is 2.00. The molecule has 0 saturated heterocycles. The average Bonchev–Trinajstić information content (AvgIpc) is 2.51. The second-order valence-corrected chi connectivity index (χ2v) is 6.33. The highest BCUT2D eigenvalue weighted by Gasteiger charge is 2.03. The molecule has 0 atom stereocenters. The molecule has 3 nitrogen and oxygen atoms in total. The predicted octanol–water partition coefficient (Wildman–Crippen LogP) is 4.64. The molecular weight excluding hydrogens is 384 g/mol. The molecular formula is C16H16BrClN2OS. The summed E-state index contributed by atoms with van der Waals surface area (Å²) in [4.78, 5) is 0. The van der Waals surface area contributed by atoms with Gasteiger partial charge in [0, 0.05) is 11.0 Å². The van der Waals surface area contributed by atoms with Gasteiger partial charge in [0.05, 0.1) is 17.8 Å². The van der Waals surface area contributed by atoms with Gasteiger partial charge in [-0.3, -0.25) is 0 Å². The van der Waals surface area contributed by atoms with E-state index in [0.717, 1.165) is 28.9 Å². The molecule has 0 radical (unpaired) electrons. The number of rotatable bonds is 5. The number of anilines is 1. The maximum atomic E-state index is 6.14. The second kappa shape index (κ2) is 8.36. The summed E-state index contributed by atoms with van der Waals surface area (Å²) in [5, 5.41) is 7.43. The van der Waals surface area contributed by atoms with Crippen LogP contribution in [-0.4, -0.2) is 18.8 Å². The van der Waals surface area contributed by atoms with Crippen molar-refractivity contribution in [3.05, 3.63) is 57.5 Å². The van der Waals surface area contributed by atoms with E-state index in [1.165, 1.54) is 5.56 Å². The first kappa shape index (κ1) is 17.1. The van der Waals surface area contributed by atoms with E-state index in [4.69, 9.17) is 28.6 Å². The van der Waals surface area contributed by atoms with Gasteiger partial charge < -0.3 is 15.4 Å². The average molecular weight is 400 g/mol. The monoisotopic (exact) mass is 398 g/mol. The van der Waals surface area contributed by atoms with Crippen molar-refractivity contribution in [2.75, 3.05) is 19.0 Å². The molecule has 2 N–H and O–H groups in total. The van der Waals surface area contributed by atoms with Crippen LogP contribution in [0.5, 0.6) is 5.75 Å². The Kier molecular flexibility index (Phi) is 6.49. The number of benzene rings is 2. The van der Waals surface area contributed by atoms with Gasteiger partial charge in [0.1, 0.15) is 5.75 Å². The first-order chi connectivity index (χ1) is 10.6. The molecule has 116 valence electrons. The van der Waals surface area contributed by atoms with Crippen LogP contribution in [0.15, 0.2) is 46.9 Å². The van der Waals surface area contributed by atoms with Gasteiger partial charge >= 0.3 is 0 Å². The van der Waals surface area contributed by atoms with Gasteiger partial charge in [-0.05, 0) is 54.5 Å². The lowest BCUT2D eigenvalue weighted by molar-refractivity contribution is 0.414. The maximum Gasteiger partial charge on any atom is 0.170 e. The molecule has 0 unspecified atom stereocenters. The zero-order valence-corrected chi connectivity index (χ0v) is 15.2. The number of methoxy groups -OCH3 is 1. The molecule has 2 aromatic rings. The number of hydrogen-bond acceptors (Lipinski definition) is 2. The molecule has 0 aliphatic carbocycles. The van der Waals surface area contributed by atoms with Gasteiger partial charge in [-0.15, -0.1) is 0 Å². The van der Waals surface area contributed by atoms with Gasteiger partial charge in [-0.25, -0.2) is 0 Å². The Morgan fingerprint density at radius 3 is 2.59 bits per heavy atom. The Morgan fingerprint density at radius 1 is 1.23 bits per heavy atom. The first-order valence-electron chi connectivity index (χ1n) is 6.71. The topological polar surface area (TPSA) is 33.3 Å². The predicted molar refractivity (Wildman–Crippen MR) is 100 cm³/mol. The quantitative estimate of drug-likeness (QED) is 0.718. The molecule has 0 bridgehead atoms. The van der Waals surface area contributed by atoms with Gasteiger partial charge in [-0.1, -0.05) is 39.7 Å². The van der Waals surface area contributed by atoms with Crippen molar-refractivity contribution in [2.24, 2.45) is 0 Å². The van der Waals surface area contributed by atoms with Gasteiger partial charge in [0.15, 0.2) is 5.11 Å². The van der Waals surface area contributed by atoms with E-state index < -0.39 is 0 Å². The fraction of sp³-hybridized carbons (Fsp3) is 0.188. The zero-order chi connectivity index (χ0) is 15.9. The van der Waals surface area contributed by atoms with E-state index in [2.05, 4.69) is 26.6 Å². The maximum absolute atomic E-state index is 6.14. The van der Waals surface area contributed by atoms with Crippen molar-refractivity contribution >= 4 is 50.5 Å². The molecule has 0 aromatic heterocycles. The van der Waals surface area contributed by atoms with Crippen LogP contribution in [0, 0.1) is 0 Å². The molecule has 0 heterocycles. The Morgan fingerprint density at radius 2 is 1.95 bits per heavy atom. The summed E-state index contributed by atoms with van der Waals surface area (Å²) >= 11 is 14.8. The number of halogens is 2. The Hall–Kier alpha value is -1.30. The van der Waals surface area contributed by atoms with Gasteiger partial charge in [0.2, 0.25) is 0 Å². The minimum absolute atomic E-state index is 0.553. The Labute approximate surface area is 149 Å². The first-order valence-corrected chi connectivity index (χ1v) is 8.29. The van der Waals surface area contributed by atoms with E-state index in [-0.39, 0.29) is 0 Å². The lowest BCUT2D eigenvalue weighted by atomic mass is 10.1. The van der Waals surface area contributed by atoms with Crippen LogP contribution in [0.4, 0.5) is 5.69 Å². The third-order valence-corrected chi connectivity index (χ3v) is 4.09. The number of hydrogen-bond donors (Lipinski definition) is 2. The highest BCUT2D eigenvalue weighted by Crippen LogP contribution is 2.25. The molecule has 0 amide bonds. The van der Waals surface area contributed by atoms with Crippen LogP contribution in [0.3, 0.4) is 0 Å². The fourth-order valence-electron chi connectivity index (χ4n) is 1.87. The largest absolute Gasteiger partial charge is 0.497 e. The summed E-state index contributed by atoms with van der Waals surface area (Å²) < 4.78 is 6.07. The van der Waals surface area contributed by atoms with Crippen molar-refractivity contribution in [1.82, 2.24) is 5.32 Å². The molecule has 2 rings (SSSR count). The molecule has 22 heavy (non-hydrogen) atoms. The summed E-state index contributed by atoms with van der Waals surface area (Å²) in [7, 11) is 1.66. The minimum atomic E-state index is 0.553. The van der Waals surface area contributed by atoms with Crippen molar-refractivity contribution < 1.29 is 4.74 Å². The Bertz CT molecular complexity index is 649. The van der Waals surface area contributed by atoms with E-state index in [0.29, 0.717) is 10.1 Å². The van der Waals surface area contributed by atoms with Gasteiger partial charge in [0.25, 0.3) is 0 Å². The van der Waals surface area contributed by atoms with Crippen molar-refractivity contribution in [3.63, 3.8) is 0 Å². The van der Waals surface area contributed by atoms with Crippen LogP contribution in [-0.2, 0) is 6.42 Å². The highest BCUT2D eigenvalue weighted by atomic mass is 79.9. The summed E-state index contributed by atoms with van der Waals surface area (Å²) in [6.45, 7) is 0.742. The van der Waals surface area contributed by atoms with Crippen LogP contribution in [0.25, 0.3) is 0 Å². The molecule has 0 aliphatic heterocycles. The lowest BCUT2D eigenvalue weighted by Gasteiger charge is -2.12. The fourth-order valence-corrected chi connectivity index (χ4v) is 2.80. The van der Waals surface area contributed by atoms with Crippen LogP contribution in [0.1, 0.15) is 5.56 Å². The number of ether oxygens (including phenoxy) is 1. The van der Waals surface area contributed by atoms with Crippen LogP contribution in [0.2, 0.25) is 5.02 Å². The molecule has 0 fully saturated rings. The summed E-state index contributed by atoms with van der Waals surface area (Å²) in [6.07, 6.45) is 0.875. The third-order valence-electron chi connectivity index (χ3n) is 3.04. The second-order valence-electron chi connectivity index (χ2n) is 4.60.